The highest BCUT2D eigenvalue weighted by atomic mass is 32.1. The molecular weight excluding hydrogens is 260 g/mol. The highest BCUT2D eigenvalue weighted by molar-refractivity contribution is 7.11. The summed E-state index contributed by atoms with van der Waals surface area (Å²) in [5.74, 6) is 1.32. The second-order valence-electron chi connectivity index (χ2n) is 3.70. The Morgan fingerprint density at radius 3 is 2.79 bits per heavy atom. The molecule has 19 heavy (non-hydrogen) atoms. The van der Waals surface area contributed by atoms with E-state index in [-0.39, 0.29) is 0 Å². The molecule has 3 heterocycles. The molecule has 3 aromatic heterocycles. The Hall–Kier alpha value is -2.58. The quantitative estimate of drug-likeness (QED) is 0.672. The van der Waals surface area contributed by atoms with Crippen molar-refractivity contribution < 1.29 is 8.83 Å². The predicted octanol–water partition coefficient (Wildman–Crippen LogP) is 4.06. The number of aromatic nitrogens is 1. The van der Waals surface area contributed by atoms with Crippen molar-refractivity contribution in [2.24, 2.45) is 0 Å². The van der Waals surface area contributed by atoms with Gasteiger partial charge in [0, 0.05) is 11.5 Å². The third-order valence-electron chi connectivity index (χ3n) is 2.46. The monoisotopic (exact) mass is 268 g/mol. The molecule has 0 atom stereocenters. The first-order valence-corrected chi connectivity index (χ1v) is 6.40. The molecule has 0 saturated heterocycles. The van der Waals surface area contributed by atoms with Crippen molar-refractivity contribution >= 4 is 23.0 Å². The Balaban J connectivity index is 1.96. The fraction of sp³-hybridized carbons (Fsp3) is 0. The second-order valence-corrected chi connectivity index (χ2v) is 4.56. The molecule has 0 spiro atoms. The molecule has 0 radical (unpaired) electrons. The van der Waals surface area contributed by atoms with Crippen molar-refractivity contribution in [1.29, 1.82) is 5.26 Å². The molecule has 0 bridgehead atoms. The second kappa shape index (κ2) is 4.96. The van der Waals surface area contributed by atoms with E-state index in [1.165, 1.54) is 11.3 Å². The smallest absolute Gasteiger partial charge is 0.153 e. The van der Waals surface area contributed by atoms with Gasteiger partial charge < -0.3 is 8.83 Å². The third kappa shape index (κ3) is 2.34. The van der Waals surface area contributed by atoms with Gasteiger partial charge in [-0.15, -0.1) is 11.3 Å². The molecular formula is C14H8N2O2S. The highest BCUT2D eigenvalue weighted by Crippen LogP contribution is 2.27. The number of nitriles is 1. The summed E-state index contributed by atoms with van der Waals surface area (Å²) in [6.07, 6.45) is 4.83. The molecule has 0 aliphatic carbocycles. The first-order valence-electron chi connectivity index (χ1n) is 5.52. The average Bonchev–Trinajstić information content (AvgIpc) is 3.15. The molecule has 0 saturated carbocycles. The zero-order valence-electron chi connectivity index (χ0n) is 9.74. The first-order chi connectivity index (χ1) is 9.36. The van der Waals surface area contributed by atoms with Gasteiger partial charge in [0.2, 0.25) is 0 Å². The van der Waals surface area contributed by atoms with E-state index < -0.39 is 0 Å². The Kier molecular flexibility index (Phi) is 3.01. The number of furan rings is 2. The number of hydrogen-bond acceptors (Lipinski definition) is 5. The van der Waals surface area contributed by atoms with E-state index >= 15 is 0 Å². The Labute approximate surface area is 113 Å². The summed E-state index contributed by atoms with van der Waals surface area (Å²) in [4.78, 5) is 4.40. The maximum Gasteiger partial charge on any atom is 0.153 e. The molecule has 0 aliphatic heterocycles. The molecule has 3 rings (SSSR count). The minimum Gasteiger partial charge on any atom is -0.465 e. The number of allylic oxidation sites excluding steroid dienone is 1. The molecule has 0 fully saturated rings. The van der Waals surface area contributed by atoms with Crippen LogP contribution in [0, 0.1) is 11.3 Å². The van der Waals surface area contributed by atoms with Crippen molar-refractivity contribution in [2.75, 3.05) is 0 Å². The molecule has 0 aliphatic rings. The summed E-state index contributed by atoms with van der Waals surface area (Å²) < 4.78 is 10.5. The third-order valence-corrected chi connectivity index (χ3v) is 3.33. The zero-order chi connectivity index (χ0) is 13.1. The summed E-state index contributed by atoms with van der Waals surface area (Å²) in [7, 11) is 0. The van der Waals surface area contributed by atoms with E-state index in [4.69, 9.17) is 8.83 Å². The van der Waals surface area contributed by atoms with Crippen LogP contribution >= 0.6 is 11.3 Å². The van der Waals surface area contributed by atoms with Gasteiger partial charge in [-0.1, -0.05) is 0 Å². The van der Waals surface area contributed by atoms with Crippen molar-refractivity contribution in [1.82, 2.24) is 4.98 Å². The van der Waals surface area contributed by atoms with Gasteiger partial charge >= 0.3 is 0 Å². The van der Waals surface area contributed by atoms with Crippen LogP contribution < -0.4 is 0 Å². The molecule has 0 amide bonds. The largest absolute Gasteiger partial charge is 0.465 e. The molecule has 0 unspecified atom stereocenters. The summed E-state index contributed by atoms with van der Waals surface area (Å²) >= 11 is 1.40. The van der Waals surface area contributed by atoms with E-state index in [1.807, 2.05) is 11.4 Å². The van der Waals surface area contributed by atoms with E-state index in [0.717, 1.165) is 5.69 Å². The van der Waals surface area contributed by atoms with Gasteiger partial charge in [-0.25, -0.2) is 4.98 Å². The van der Waals surface area contributed by atoms with Crippen molar-refractivity contribution in [3.63, 3.8) is 0 Å². The van der Waals surface area contributed by atoms with Gasteiger partial charge in [0.1, 0.15) is 22.5 Å². The lowest BCUT2D eigenvalue weighted by molar-refractivity contribution is 0.557. The summed E-state index contributed by atoms with van der Waals surface area (Å²) in [5.41, 5.74) is 1.20. The number of nitrogens with zero attached hydrogens (tertiary/aromatic N) is 2. The van der Waals surface area contributed by atoms with Gasteiger partial charge in [-0.05, 0) is 24.3 Å². The van der Waals surface area contributed by atoms with Crippen LogP contribution in [0.4, 0.5) is 0 Å². The number of rotatable bonds is 3. The van der Waals surface area contributed by atoms with Crippen LogP contribution in [0.1, 0.15) is 10.8 Å². The lowest BCUT2D eigenvalue weighted by Crippen LogP contribution is -1.81. The topological polar surface area (TPSA) is 63.0 Å². The summed E-state index contributed by atoms with van der Waals surface area (Å²) in [5, 5.41) is 11.7. The van der Waals surface area contributed by atoms with Crippen LogP contribution in [-0.2, 0) is 0 Å². The normalized spacial score (nSPS) is 11.4. The van der Waals surface area contributed by atoms with Gasteiger partial charge in [0.05, 0.1) is 18.1 Å². The van der Waals surface area contributed by atoms with Gasteiger partial charge in [-0.2, -0.15) is 5.26 Å². The summed E-state index contributed by atoms with van der Waals surface area (Å²) in [6.45, 7) is 0. The average molecular weight is 268 g/mol. The number of thiazole rings is 1. The SMILES string of the molecule is N#C/C(=C\c1ccco1)c1nc(-c2ccco2)cs1. The molecule has 4 nitrogen and oxygen atoms in total. The van der Waals surface area contributed by atoms with Gasteiger partial charge in [0.15, 0.2) is 5.76 Å². The maximum absolute atomic E-state index is 9.20. The van der Waals surface area contributed by atoms with Crippen LogP contribution in [-0.4, -0.2) is 4.98 Å². The minimum absolute atomic E-state index is 0.470. The summed E-state index contributed by atoms with van der Waals surface area (Å²) in [6, 6.07) is 9.34. The Morgan fingerprint density at radius 2 is 2.11 bits per heavy atom. The Bertz CT molecular complexity index is 731. The lowest BCUT2D eigenvalue weighted by atomic mass is 10.2. The van der Waals surface area contributed by atoms with Crippen LogP contribution in [0.15, 0.2) is 51.0 Å². The molecule has 92 valence electrons. The van der Waals surface area contributed by atoms with Gasteiger partial charge in [-0.3, -0.25) is 0 Å². The molecule has 0 N–H and O–H groups in total. The van der Waals surface area contributed by atoms with Crippen LogP contribution in [0.2, 0.25) is 0 Å². The van der Waals surface area contributed by atoms with Crippen LogP contribution in [0.5, 0.6) is 0 Å². The molecule has 0 aromatic carbocycles. The fourth-order valence-corrected chi connectivity index (χ4v) is 2.37. The van der Waals surface area contributed by atoms with E-state index in [9.17, 15) is 5.26 Å². The lowest BCUT2D eigenvalue weighted by Gasteiger charge is -1.91. The Morgan fingerprint density at radius 1 is 1.26 bits per heavy atom. The van der Waals surface area contributed by atoms with Crippen LogP contribution in [0.3, 0.4) is 0 Å². The first kappa shape index (κ1) is 11.5. The standard InChI is InChI=1S/C14H8N2O2S/c15-8-10(7-11-3-1-5-17-11)14-16-12(9-19-14)13-4-2-6-18-13/h1-7,9H/b10-7+. The number of hydrogen-bond donors (Lipinski definition) is 0. The maximum atomic E-state index is 9.20. The van der Waals surface area contributed by atoms with E-state index in [1.54, 1.807) is 36.8 Å². The van der Waals surface area contributed by atoms with Crippen LogP contribution in [0.25, 0.3) is 23.1 Å². The zero-order valence-corrected chi connectivity index (χ0v) is 10.6. The van der Waals surface area contributed by atoms with Crippen molar-refractivity contribution in [3.8, 4) is 17.5 Å². The van der Waals surface area contributed by atoms with Crippen molar-refractivity contribution in [3.05, 3.63) is 52.9 Å². The van der Waals surface area contributed by atoms with E-state index in [0.29, 0.717) is 22.1 Å². The minimum atomic E-state index is 0.470. The van der Waals surface area contributed by atoms with Gasteiger partial charge in [0.25, 0.3) is 0 Å². The fourth-order valence-electron chi connectivity index (χ4n) is 1.59. The van der Waals surface area contributed by atoms with Crippen molar-refractivity contribution in [2.45, 2.75) is 0 Å². The molecule has 5 heteroatoms. The molecule has 3 aromatic rings. The predicted molar refractivity (Wildman–Crippen MR) is 72.0 cm³/mol. The highest BCUT2D eigenvalue weighted by Gasteiger charge is 2.10. The van der Waals surface area contributed by atoms with E-state index in [2.05, 4.69) is 11.1 Å².